The highest BCUT2D eigenvalue weighted by Crippen LogP contribution is 2.36. The molecule has 2 aromatic rings. The first-order valence-electron chi connectivity index (χ1n) is 10.0. The second-order valence-corrected chi connectivity index (χ2v) is 8.39. The van der Waals surface area contributed by atoms with Gasteiger partial charge < -0.3 is 4.74 Å². The summed E-state index contributed by atoms with van der Waals surface area (Å²) < 4.78 is 6.09. The lowest BCUT2D eigenvalue weighted by atomic mass is 9.86. The van der Waals surface area contributed by atoms with Crippen LogP contribution in [0.5, 0.6) is 0 Å². The van der Waals surface area contributed by atoms with Crippen LogP contribution >= 0.6 is 0 Å². The maximum Gasteiger partial charge on any atom is 0.291 e. The average molecular weight is 362 g/mol. The fourth-order valence-corrected chi connectivity index (χ4v) is 4.35. The molecule has 0 unspecified atom stereocenters. The Hall–Kier alpha value is -2.38. The zero-order chi connectivity index (χ0) is 18.9. The summed E-state index contributed by atoms with van der Waals surface area (Å²) in [6.45, 7) is 4.73. The van der Waals surface area contributed by atoms with Crippen molar-refractivity contribution in [2.24, 2.45) is 0 Å². The number of anilines is 1. The Kier molecular flexibility index (Phi) is 4.88. The maximum absolute atomic E-state index is 9.98. The molecule has 1 saturated carbocycles. The maximum atomic E-state index is 9.98. The SMILES string of the molecule is CC1(C)Cc2c(C#N)c(NC3CCCCC3)[nH+]c(-c3ccccc3)c2CO1. The van der Waals surface area contributed by atoms with Gasteiger partial charge in [0.05, 0.1) is 18.2 Å². The van der Waals surface area contributed by atoms with E-state index >= 15 is 0 Å². The highest BCUT2D eigenvalue weighted by molar-refractivity contribution is 5.67. The molecule has 2 N–H and O–H groups in total. The highest BCUT2D eigenvalue weighted by Gasteiger charge is 2.34. The molecule has 1 aliphatic heterocycles. The zero-order valence-corrected chi connectivity index (χ0v) is 16.3. The summed E-state index contributed by atoms with van der Waals surface area (Å²) in [5, 5.41) is 13.7. The van der Waals surface area contributed by atoms with Crippen LogP contribution in [0, 0.1) is 11.3 Å². The van der Waals surface area contributed by atoms with E-state index in [1.165, 1.54) is 32.1 Å². The zero-order valence-electron chi connectivity index (χ0n) is 16.3. The molecular weight excluding hydrogens is 334 g/mol. The number of H-pyrrole nitrogens is 1. The van der Waals surface area contributed by atoms with Crippen molar-refractivity contribution < 1.29 is 9.72 Å². The topological polar surface area (TPSA) is 59.2 Å². The van der Waals surface area contributed by atoms with Gasteiger partial charge in [-0.05, 0) is 45.1 Å². The summed E-state index contributed by atoms with van der Waals surface area (Å²) in [6, 6.07) is 13.3. The number of rotatable bonds is 3. The minimum Gasteiger partial charge on any atom is -0.370 e. The number of nitriles is 1. The number of nitrogens with one attached hydrogen (secondary N) is 2. The monoisotopic (exact) mass is 362 g/mol. The first kappa shape index (κ1) is 18.0. The fraction of sp³-hybridized carbons (Fsp3) is 0.478. The first-order valence-corrected chi connectivity index (χ1v) is 10.0. The molecule has 4 heteroatoms. The van der Waals surface area contributed by atoms with Crippen molar-refractivity contribution in [3.63, 3.8) is 0 Å². The fourth-order valence-electron chi connectivity index (χ4n) is 4.35. The Morgan fingerprint density at radius 3 is 2.56 bits per heavy atom. The Balaban J connectivity index is 1.84. The number of aromatic amines is 1. The number of hydrogen-bond donors (Lipinski definition) is 1. The van der Waals surface area contributed by atoms with E-state index in [0.717, 1.165) is 40.2 Å². The van der Waals surface area contributed by atoms with Gasteiger partial charge in [0.25, 0.3) is 5.82 Å². The van der Waals surface area contributed by atoms with Gasteiger partial charge in [-0.1, -0.05) is 36.8 Å². The van der Waals surface area contributed by atoms with Gasteiger partial charge in [0.2, 0.25) is 0 Å². The summed E-state index contributed by atoms with van der Waals surface area (Å²) in [4.78, 5) is 3.57. The van der Waals surface area contributed by atoms with E-state index in [0.29, 0.717) is 12.6 Å². The van der Waals surface area contributed by atoms with Crippen LogP contribution in [0.2, 0.25) is 0 Å². The van der Waals surface area contributed by atoms with Gasteiger partial charge in [-0.2, -0.15) is 5.26 Å². The van der Waals surface area contributed by atoms with E-state index in [1.54, 1.807) is 0 Å². The van der Waals surface area contributed by atoms with Gasteiger partial charge in [-0.25, -0.2) is 4.98 Å². The molecule has 0 spiro atoms. The van der Waals surface area contributed by atoms with Crippen LogP contribution in [0.1, 0.15) is 62.6 Å². The van der Waals surface area contributed by atoms with Gasteiger partial charge in [-0.3, -0.25) is 5.32 Å². The van der Waals surface area contributed by atoms with Gasteiger partial charge in [0.15, 0.2) is 0 Å². The van der Waals surface area contributed by atoms with Crippen LogP contribution in [0.15, 0.2) is 30.3 Å². The van der Waals surface area contributed by atoms with Gasteiger partial charge >= 0.3 is 0 Å². The molecule has 2 aliphatic rings. The van der Waals surface area contributed by atoms with Crippen molar-refractivity contribution in [2.45, 2.75) is 70.6 Å². The Morgan fingerprint density at radius 2 is 1.85 bits per heavy atom. The minimum atomic E-state index is -0.254. The molecule has 0 bridgehead atoms. The first-order chi connectivity index (χ1) is 13.1. The largest absolute Gasteiger partial charge is 0.370 e. The number of nitrogens with zero attached hydrogens (tertiary/aromatic N) is 1. The third kappa shape index (κ3) is 3.70. The quantitative estimate of drug-likeness (QED) is 0.865. The summed E-state index contributed by atoms with van der Waals surface area (Å²) in [5.41, 5.74) is 4.95. The van der Waals surface area contributed by atoms with E-state index in [2.05, 4.69) is 54.5 Å². The predicted octanol–water partition coefficient (Wildman–Crippen LogP) is 4.64. The molecule has 0 amide bonds. The molecule has 4 rings (SSSR count). The van der Waals surface area contributed by atoms with Gasteiger partial charge in [0.1, 0.15) is 17.3 Å². The van der Waals surface area contributed by atoms with Crippen molar-refractivity contribution in [3.05, 3.63) is 47.0 Å². The smallest absolute Gasteiger partial charge is 0.291 e. The van der Waals surface area contributed by atoms with E-state index in [9.17, 15) is 5.26 Å². The molecule has 4 nitrogen and oxygen atoms in total. The Labute approximate surface area is 161 Å². The molecule has 1 fully saturated rings. The molecule has 1 aromatic heterocycles. The normalized spacial score (nSPS) is 19.1. The van der Waals surface area contributed by atoms with Crippen LogP contribution in [-0.4, -0.2) is 11.6 Å². The molecule has 1 aromatic carbocycles. The number of fused-ring (bicyclic) bond motifs is 1. The third-order valence-corrected chi connectivity index (χ3v) is 5.81. The lowest BCUT2D eigenvalue weighted by Gasteiger charge is -2.33. The molecule has 27 heavy (non-hydrogen) atoms. The van der Waals surface area contributed by atoms with Crippen molar-refractivity contribution in [1.82, 2.24) is 0 Å². The molecule has 2 heterocycles. The Bertz CT molecular complexity index is 861. The van der Waals surface area contributed by atoms with Crippen molar-refractivity contribution >= 4 is 5.82 Å². The minimum absolute atomic E-state index is 0.254. The molecule has 0 radical (unpaired) electrons. The standard InChI is InChI=1S/C23H27N3O/c1-23(2)13-18-19(14-24)22(25-17-11-7-4-8-12-17)26-21(20(18)15-27-23)16-9-5-3-6-10-16/h3,5-6,9-10,17H,4,7-8,11-13,15H2,1-2H3,(H,25,26)/p+1. The summed E-state index contributed by atoms with van der Waals surface area (Å²) >= 11 is 0. The van der Waals surface area contributed by atoms with E-state index in [4.69, 9.17) is 4.74 Å². The van der Waals surface area contributed by atoms with Crippen LogP contribution < -0.4 is 10.3 Å². The third-order valence-electron chi connectivity index (χ3n) is 5.81. The van der Waals surface area contributed by atoms with Crippen molar-refractivity contribution in [3.8, 4) is 17.3 Å². The van der Waals surface area contributed by atoms with E-state index in [-0.39, 0.29) is 5.60 Å². The number of pyridine rings is 1. The lowest BCUT2D eigenvalue weighted by Crippen LogP contribution is -2.36. The van der Waals surface area contributed by atoms with E-state index < -0.39 is 0 Å². The second kappa shape index (κ2) is 7.32. The Morgan fingerprint density at radius 1 is 1.11 bits per heavy atom. The summed E-state index contributed by atoms with van der Waals surface area (Å²) in [5.74, 6) is 0.875. The molecule has 1 aliphatic carbocycles. The van der Waals surface area contributed by atoms with Crippen LogP contribution in [-0.2, 0) is 17.8 Å². The predicted molar refractivity (Wildman–Crippen MR) is 106 cm³/mol. The van der Waals surface area contributed by atoms with Crippen LogP contribution in [0.4, 0.5) is 5.82 Å². The lowest BCUT2D eigenvalue weighted by molar-refractivity contribution is -0.349. The molecule has 0 atom stereocenters. The number of hydrogen-bond acceptors (Lipinski definition) is 3. The number of aromatic nitrogens is 1. The number of ether oxygens (including phenoxy) is 1. The second-order valence-electron chi connectivity index (χ2n) is 8.39. The van der Waals surface area contributed by atoms with Crippen LogP contribution in [0.3, 0.4) is 0 Å². The molecular formula is C23H28N3O+. The number of benzene rings is 1. The van der Waals surface area contributed by atoms with Crippen molar-refractivity contribution in [1.29, 1.82) is 5.26 Å². The van der Waals surface area contributed by atoms with E-state index in [1.807, 2.05) is 6.07 Å². The van der Waals surface area contributed by atoms with Gasteiger partial charge in [-0.15, -0.1) is 0 Å². The molecule has 140 valence electrons. The van der Waals surface area contributed by atoms with Crippen LogP contribution in [0.25, 0.3) is 11.3 Å². The molecule has 0 saturated heterocycles. The summed E-state index contributed by atoms with van der Waals surface area (Å²) in [7, 11) is 0. The average Bonchev–Trinajstić information content (AvgIpc) is 2.68. The summed E-state index contributed by atoms with van der Waals surface area (Å²) in [6.07, 6.45) is 6.93. The van der Waals surface area contributed by atoms with Gasteiger partial charge in [0, 0.05) is 17.5 Å². The van der Waals surface area contributed by atoms with Crippen molar-refractivity contribution in [2.75, 3.05) is 5.32 Å². The highest BCUT2D eigenvalue weighted by atomic mass is 16.5.